The second-order valence-corrected chi connectivity index (χ2v) is 6.78. The van der Waals surface area contributed by atoms with Crippen LogP contribution in [-0.2, 0) is 6.54 Å². The lowest BCUT2D eigenvalue weighted by Gasteiger charge is -2.14. The Kier molecular flexibility index (Phi) is 5.65. The average molecular weight is 355 g/mol. The Morgan fingerprint density at radius 2 is 1.81 bits per heavy atom. The molecule has 138 valence electrons. The summed E-state index contributed by atoms with van der Waals surface area (Å²) in [6.07, 6.45) is 8.45. The summed E-state index contributed by atoms with van der Waals surface area (Å²) in [4.78, 5) is 28.7. The van der Waals surface area contributed by atoms with Gasteiger partial charge in [0, 0.05) is 42.8 Å². The largest absolute Gasteiger partial charge is 0.349 e. The minimum absolute atomic E-state index is 0.0687. The number of nitrogens with zero attached hydrogens (tertiary/aromatic N) is 3. The van der Waals surface area contributed by atoms with Crippen LogP contribution in [0.3, 0.4) is 0 Å². The van der Waals surface area contributed by atoms with Gasteiger partial charge in [0.1, 0.15) is 0 Å². The highest BCUT2D eigenvalue weighted by Crippen LogP contribution is 2.20. The molecule has 1 fully saturated rings. The van der Waals surface area contributed by atoms with E-state index in [1.54, 1.807) is 24.5 Å². The van der Waals surface area contributed by atoms with E-state index in [2.05, 4.69) is 27.6 Å². The summed E-state index contributed by atoms with van der Waals surface area (Å²) in [6, 6.07) is 3.53. The number of hydrogen-bond acceptors (Lipinski definition) is 4. The Morgan fingerprint density at radius 1 is 1.15 bits per heavy atom. The molecule has 1 saturated carbocycles. The number of aryl methyl sites for hydroxylation is 2. The first-order valence-electron chi connectivity index (χ1n) is 9.12. The smallest absolute Gasteiger partial charge is 0.254 e. The summed E-state index contributed by atoms with van der Waals surface area (Å²) >= 11 is 0. The number of carbonyl (C=O) groups is 2. The topological polar surface area (TPSA) is 88.9 Å². The van der Waals surface area contributed by atoms with Gasteiger partial charge in [0.25, 0.3) is 11.8 Å². The Balaban J connectivity index is 1.53. The van der Waals surface area contributed by atoms with Crippen LogP contribution in [0.1, 0.15) is 59.0 Å². The molecule has 7 nitrogen and oxygen atoms in total. The van der Waals surface area contributed by atoms with Gasteiger partial charge in [-0.2, -0.15) is 5.10 Å². The highest BCUT2D eigenvalue weighted by molar-refractivity contribution is 5.95. The van der Waals surface area contributed by atoms with Crippen LogP contribution in [0.2, 0.25) is 0 Å². The lowest BCUT2D eigenvalue weighted by Crippen LogP contribution is -2.37. The van der Waals surface area contributed by atoms with Gasteiger partial charge in [-0.05, 0) is 44.7 Å². The molecule has 2 heterocycles. The van der Waals surface area contributed by atoms with Crippen LogP contribution in [0, 0.1) is 6.92 Å². The molecule has 0 radical (unpaired) electrons. The molecule has 2 N–H and O–H groups in total. The molecular formula is C19H25N5O2. The Morgan fingerprint density at radius 3 is 2.46 bits per heavy atom. The van der Waals surface area contributed by atoms with Crippen molar-refractivity contribution < 1.29 is 9.59 Å². The van der Waals surface area contributed by atoms with E-state index in [-0.39, 0.29) is 23.9 Å². The fourth-order valence-corrected chi connectivity index (χ4v) is 3.36. The first-order chi connectivity index (χ1) is 12.6. The molecule has 0 aromatic carbocycles. The summed E-state index contributed by atoms with van der Waals surface area (Å²) in [6.45, 7) is 4.74. The van der Waals surface area contributed by atoms with Crippen molar-refractivity contribution in [1.29, 1.82) is 0 Å². The Bertz CT molecular complexity index is 771. The summed E-state index contributed by atoms with van der Waals surface area (Å²) in [5.74, 6) is -0.183. The van der Waals surface area contributed by atoms with E-state index in [9.17, 15) is 9.59 Å². The molecule has 7 heteroatoms. The first kappa shape index (κ1) is 18.1. The average Bonchev–Trinajstić information content (AvgIpc) is 3.22. The molecule has 0 bridgehead atoms. The number of nitrogens with one attached hydrogen (secondary N) is 2. The number of aromatic nitrogens is 3. The Labute approximate surface area is 153 Å². The van der Waals surface area contributed by atoms with Gasteiger partial charge in [0.15, 0.2) is 0 Å². The van der Waals surface area contributed by atoms with Crippen LogP contribution < -0.4 is 10.6 Å². The lowest BCUT2D eigenvalue weighted by molar-refractivity contribution is 0.0936. The first-order valence-corrected chi connectivity index (χ1v) is 9.12. The number of rotatable bonds is 6. The van der Waals surface area contributed by atoms with Crippen molar-refractivity contribution in [3.8, 4) is 0 Å². The van der Waals surface area contributed by atoms with Crippen molar-refractivity contribution >= 4 is 11.8 Å². The maximum atomic E-state index is 12.5. The number of pyridine rings is 1. The second-order valence-electron chi connectivity index (χ2n) is 6.78. The zero-order valence-corrected chi connectivity index (χ0v) is 15.2. The normalized spacial score (nSPS) is 19.3. The Hall–Kier alpha value is -2.70. The van der Waals surface area contributed by atoms with E-state index in [4.69, 9.17) is 0 Å². The van der Waals surface area contributed by atoms with Gasteiger partial charge >= 0.3 is 0 Å². The van der Waals surface area contributed by atoms with Gasteiger partial charge < -0.3 is 10.6 Å². The third-order valence-corrected chi connectivity index (χ3v) is 4.69. The summed E-state index contributed by atoms with van der Waals surface area (Å²) in [5.41, 5.74) is 1.98. The maximum Gasteiger partial charge on any atom is 0.254 e. The van der Waals surface area contributed by atoms with E-state index in [1.807, 2.05) is 17.8 Å². The van der Waals surface area contributed by atoms with Gasteiger partial charge in [0.2, 0.25) is 0 Å². The minimum Gasteiger partial charge on any atom is -0.349 e. The number of amides is 2. The van der Waals surface area contributed by atoms with E-state index < -0.39 is 0 Å². The highest BCUT2D eigenvalue weighted by atomic mass is 16.2. The quantitative estimate of drug-likeness (QED) is 0.830. The summed E-state index contributed by atoms with van der Waals surface area (Å²) in [7, 11) is 0. The molecule has 3 rings (SSSR count). The van der Waals surface area contributed by atoms with Crippen molar-refractivity contribution in [2.24, 2.45) is 0 Å². The monoisotopic (exact) mass is 355 g/mol. The van der Waals surface area contributed by atoms with Crippen LogP contribution in [-0.4, -0.2) is 38.7 Å². The standard InChI is InChI=1S/C19H25N5O2/c1-3-10-24-12-17(13(2)23-24)19(26)22-16-5-4-15(11-16)21-18(25)14-6-8-20-9-7-14/h6-9,12,15-16H,3-5,10-11H2,1-2H3,(H,21,25)(H,22,26)/t15-,16+/m1/s1. The molecule has 1 aliphatic carbocycles. The van der Waals surface area contributed by atoms with Crippen molar-refractivity contribution in [2.45, 2.75) is 58.2 Å². The lowest BCUT2D eigenvalue weighted by atomic mass is 10.2. The third-order valence-electron chi connectivity index (χ3n) is 4.69. The zero-order chi connectivity index (χ0) is 18.5. The second kappa shape index (κ2) is 8.12. The van der Waals surface area contributed by atoms with Crippen LogP contribution in [0.25, 0.3) is 0 Å². The van der Waals surface area contributed by atoms with Crippen molar-refractivity contribution in [1.82, 2.24) is 25.4 Å². The molecule has 2 amide bonds. The van der Waals surface area contributed by atoms with Crippen molar-refractivity contribution in [3.63, 3.8) is 0 Å². The predicted molar refractivity (Wildman–Crippen MR) is 97.9 cm³/mol. The van der Waals surface area contributed by atoms with Crippen LogP contribution in [0.5, 0.6) is 0 Å². The fraction of sp³-hybridized carbons (Fsp3) is 0.474. The molecule has 2 aromatic rings. The van der Waals surface area contributed by atoms with Crippen molar-refractivity contribution in [2.75, 3.05) is 0 Å². The highest BCUT2D eigenvalue weighted by Gasteiger charge is 2.28. The summed E-state index contributed by atoms with van der Waals surface area (Å²) in [5, 5.41) is 10.5. The van der Waals surface area contributed by atoms with E-state index in [0.717, 1.165) is 37.9 Å². The third kappa shape index (κ3) is 4.28. The van der Waals surface area contributed by atoms with Crippen LogP contribution >= 0.6 is 0 Å². The summed E-state index contributed by atoms with van der Waals surface area (Å²) < 4.78 is 1.82. The SMILES string of the molecule is CCCn1cc(C(=O)N[C@H]2CC[C@@H](NC(=O)c3ccncc3)C2)c(C)n1. The molecule has 0 saturated heterocycles. The van der Waals surface area contributed by atoms with Crippen LogP contribution in [0.4, 0.5) is 0 Å². The molecule has 2 atom stereocenters. The number of carbonyl (C=O) groups excluding carboxylic acids is 2. The van der Waals surface area contributed by atoms with E-state index in [1.165, 1.54) is 0 Å². The molecule has 0 spiro atoms. The van der Waals surface area contributed by atoms with E-state index >= 15 is 0 Å². The zero-order valence-electron chi connectivity index (χ0n) is 15.2. The van der Waals surface area contributed by atoms with Gasteiger partial charge in [-0.3, -0.25) is 19.3 Å². The molecule has 0 aliphatic heterocycles. The van der Waals surface area contributed by atoms with Gasteiger partial charge in [0.05, 0.1) is 11.3 Å². The molecule has 26 heavy (non-hydrogen) atoms. The van der Waals surface area contributed by atoms with Gasteiger partial charge in [-0.1, -0.05) is 6.92 Å². The fourth-order valence-electron chi connectivity index (χ4n) is 3.36. The van der Waals surface area contributed by atoms with Gasteiger partial charge in [-0.25, -0.2) is 0 Å². The van der Waals surface area contributed by atoms with Gasteiger partial charge in [-0.15, -0.1) is 0 Å². The predicted octanol–water partition coefficient (Wildman–Crippen LogP) is 2.08. The van der Waals surface area contributed by atoms with Crippen LogP contribution in [0.15, 0.2) is 30.7 Å². The minimum atomic E-state index is -0.0962. The van der Waals surface area contributed by atoms with E-state index in [0.29, 0.717) is 11.1 Å². The molecule has 1 aliphatic rings. The molecule has 0 unspecified atom stereocenters. The maximum absolute atomic E-state index is 12.5. The van der Waals surface area contributed by atoms with Crippen molar-refractivity contribution in [3.05, 3.63) is 47.5 Å². The molecule has 2 aromatic heterocycles. The number of hydrogen-bond donors (Lipinski definition) is 2. The molecular weight excluding hydrogens is 330 g/mol.